The first kappa shape index (κ1) is 20.8. The van der Waals surface area contributed by atoms with Gasteiger partial charge >= 0.3 is 0 Å². The van der Waals surface area contributed by atoms with Crippen LogP contribution in [0.15, 0.2) is 0 Å². The molecule has 0 aromatic heterocycles. The van der Waals surface area contributed by atoms with Crippen molar-refractivity contribution in [3.63, 3.8) is 0 Å². The summed E-state index contributed by atoms with van der Waals surface area (Å²) in [7, 11) is -3.42. The van der Waals surface area contributed by atoms with E-state index in [1.807, 2.05) is 0 Å². The van der Waals surface area contributed by atoms with Crippen molar-refractivity contribution < 1.29 is 8.85 Å². The summed E-state index contributed by atoms with van der Waals surface area (Å²) < 4.78 is 12.8. The molecule has 1 atom stereocenters. The van der Waals surface area contributed by atoms with Gasteiger partial charge in [-0.25, -0.2) is 0 Å². The molecule has 5 heteroatoms. The van der Waals surface area contributed by atoms with Crippen LogP contribution >= 0.6 is 15.9 Å². The summed E-state index contributed by atoms with van der Waals surface area (Å²) in [5.41, 5.74) is 0. The maximum Gasteiger partial charge on any atom is 0.192 e. The summed E-state index contributed by atoms with van der Waals surface area (Å²) in [4.78, 5) is 0. The van der Waals surface area contributed by atoms with Crippen LogP contribution in [0, 0.1) is 0 Å². The van der Waals surface area contributed by atoms with E-state index in [2.05, 4.69) is 83.7 Å². The fraction of sp³-hybridized carbons (Fsp3) is 1.00. The van der Waals surface area contributed by atoms with Crippen molar-refractivity contribution in [2.75, 3.05) is 11.9 Å². The molecule has 0 rings (SSSR count). The van der Waals surface area contributed by atoms with E-state index in [9.17, 15) is 0 Å². The lowest BCUT2D eigenvalue weighted by molar-refractivity contribution is 0.125. The zero-order chi connectivity index (χ0) is 16.4. The third-order valence-electron chi connectivity index (χ3n) is 4.88. The van der Waals surface area contributed by atoms with Crippen molar-refractivity contribution in [1.82, 2.24) is 0 Å². The largest absolute Gasteiger partial charge is 0.414 e. The SMILES string of the molecule is CC(C)(C)[Si](C)(C)OCC(CBr)O[Si](C)(C)C(C)(C)C. The topological polar surface area (TPSA) is 18.5 Å². The summed E-state index contributed by atoms with van der Waals surface area (Å²) in [5.74, 6) is 0. The van der Waals surface area contributed by atoms with Crippen LogP contribution in [0.3, 0.4) is 0 Å². The van der Waals surface area contributed by atoms with E-state index in [1.54, 1.807) is 0 Å². The lowest BCUT2D eigenvalue weighted by Crippen LogP contribution is -2.48. The Hall–Kier alpha value is 0.834. The first-order valence-corrected chi connectivity index (χ1v) is 14.5. The van der Waals surface area contributed by atoms with Gasteiger partial charge < -0.3 is 8.85 Å². The maximum absolute atomic E-state index is 6.45. The molecule has 0 bridgehead atoms. The van der Waals surface area contributed by atoms with Crippen LogP contribution in [-0.2, 0) is 8.85 Å². The number of alkyl halides is 1. The Morgan fingerprint density at radius 3 is 1.55 bits per heavy atom. The highest BCUT2D eigenvalue weighted by atomic mass is 79.9. The molecule has 122 valence electrons. The second-order valence-corrected chi connectivity index (χ2v) is 18.9. The summed E-state index contributed by atoms with van der Waals surface area (Å²) in [6.07, 6.45) is 0.157. The van der Waals surface area contributed by atoms with Gasteiger partial charge in [0.1, 0.15) is 0 Å². The average Bonchev–Trinajstić information content (AvgIpc) is 2.20. The fourth-order valence-corrected chi connectivity index (χ4v) is 4.16. The monoisotopic (exact) mass is 382 g/mol. The van der Waals surface area contributed by atoms with Gasteiger partial charge in [0.15, 0.2) is 16.6 Å². The van der Waals surface area contributed by atoms with Crippen LogP contribution in [0.5, 0.6) is 0 Å². The van der Waals surface area contributed by atoms with Gasteiger partial charge in [0.05, 0.1) is 12.7 Å². The van der Waals surface area contributed by atoms with Crippen LogP contribution in [0.1, 0.15) is 41.5 Å². The van der Waals surface area contributed by atoms with Crippen molar-refractivity contribution >= 4 is 32.6 Å². The molecule has 0 aliphatic rings. The molecule has 0 N–H and O–H groups in total. The van der Waals surface area contributed by atoms with Gasteiger partial charge in [-0.3, -0.25) is 0 Å². The van der Waals surface area contributed by atoms with E-state index in [0.29, 0.717) is 6.61 Å². The fourth-order valence-electron chi connectivity index (χ4n) is 1.22. The summed E-state index contributed by atoms with van der Waals surface area (Å²) in [6, 6.07) is 0. The van der Waals surface area contributed by atoms with Gasteiger partial charge in [-0.1, -0.05) is 57.5 Å². The smallest absolute Gasteiger partial charge is 0.192 e. The molecule has 0 aliphatic carbocycles. The summed E-state index contributed by atoms with van der Waals surface area (Å²) >= 11 is 3.59. The Kier molecular flexibility index (Phi) is 7.23. The van der Waals surface area contributed by atoms with Crippen molar-refractivity contribution in [2.24, 2.45) is 0 Å². The molecule has 0 aliphatic heterocycles. The molecule has 0 radical (unpaired) electrons. The summed E-state index contributed by atoms with van der Waals surface area (Å²) in [5, 5.41) is 1.33. The first-order valence-electron chi connectivity index (χ1n) is 7.52. The number of rotatable bonds is 6. The van der Waals surface area contributed by atoms with Crippen LogP contribution in [-0.4, -0.2) is 34.7 Å². The minimum atomic E-state index is -1.73. The van der Waals surface area contributed by atoms with E-state index in [-0.39, 0.29) is 16.2 Å². The van der Waals surface area contributed by atoms with Gasteiger partial charge in [0, 0.05) is 5.33 Å². The molecule has 0 spiro atoms. The van der Waals surface area contributed by atoms with E-state index in [4.69, 9.17) is 8.85 Å². The molecule has 2 nitrogen and oxygen atoms in total. The molecular formula is C15H35BrO2Si2. The lowest BCUT2D eigenvalue weighted by atomic mass is 10.2. The van der Waals surface area contributed by atoms with E-state index >= 15 is 0 Å². The number of hydrogen-bond donors (Lipinski definition) is 0. The average molecular weight is 384 g/mol. The van der Waals surface area contributed by atoms with E-state index in [0.717, 1.165) is 5.33 Å². The third kappa shape index (κ3) is 5.91. The van der Waals surface area contributed by atoms with Crippen molar-refractivity contribution in [3.8, 4) is 0 Å². The van der Waals surface area contributed by atoms with Crippen molar-refractivity contribution in [2.45, 2.75) is 83.9 Å². The highest BCUT2D eigenvalue weighted by Crippen LogP contribution is 2.39. The molecule has 0 aromatic carbocycles. The molecule has 0 heterocycles. The lowest BCUT2D eigenvalue weighted by Gasteiger charge is -2.41. The van der Waals surface area contributed by atoms with Crippen LogP contribution in [0.4, 0.5) is 0 Å². The molecule has 0 fully saturated rings. The van der Waals surface area contributed by atoms with Crippen molar-refractivity contribution in [1.29, 1.82) is 0 Å². The number of hydrogen-bond acceptors (Lipinski definition) is 2. The normalized spacial score (nSPS) is 16.4. The molecular weight excluding hydrogens is 348 g/mol. The minimum Gasteiger partial charge on any atom is -0.414 e. The molecule has 0 amide bonds. The molecule has 0 aromatic rings. The quantitative estimate of drug-likeness (QED) is 0.427. The highest BCUT2D eigenvalue weighted by molar-refractivity contribution is 9.09. The molecule has 0 saturated heterocycles. The van der Waals surface area contributed by atoms with Crippen molar-refractivity contribution in [3.05, 3.63) is 0 Å². The van der Waals surface area contributed by atoms with Crippen LogP contribution in [0.25, 0.3) is 0 Å². The van der Waals surface area contributed by atoms with Gasteiger partial charge in [-0.2, -0.15) is 0 Å². The van der Waals surface area contributed by atoms with Gasteiger partial charge in [0.25, 0.3) is 0 Å². The van der Waals surface area contributed by atoms with Gasteiger partial charge in [-0.05, 0) is 36.3 Å². The van der Waals surface area contributed by atoms with E-state index < -0.39 is 16.6 Å². The standard InChI is InChI=1S/C15H35BrO2Si2/c1-14(2,3)19(7,8)17-12-13(11-16)18-20(9,10)15(4,5)6/h13H,11-12H2,1-10H3. The van der Waals surface area contributed by atoms with Gasteiger partial charge in [0.2, 0.25) is 0 Å². The Bertz CT molecular complexity index is 304. The predicted molar refractivity (Wildman–Crippen MR) is 99.0 cm³/mol. The Balaban J connectivity index is 4.68. The van der Waals surface area contributed by atoms with Crippen LogP contribution < -0.4 is 0 Å². The molecule has 0 saturated carbocycles. The molecule has 1 unspecified atom stereocenters. The zero-order valence-electron chi connectivity index (χ0n) is 15.2. The Morgan fingerprint density at radius 1 is 0.850 bits per heavy atom. The molecule has 20 heavy (non-hydrogen) atoms. The third-order valence-corrected chi connectivity index (χ3v) is 14.6. The Labute approximate surface area is 137 Å². The maximum atomic E-state index is 6.45. The predicted octanol–water partition coefficient (Wildman–Crippen LogP) is 5.79. The summed E-state index contributed by atoms with van der Waals surface area (Å²) in [6.45, 7) is 23.6. The van der Waals surface area contributed by atoms with Gasteiger partial charge in [-0.15, -0.1) is 0 Å². The second kappa shape index (κ2) is 6.94. The highest BCUT2D eigenvalue weighted by Gasteiger charge is 2.41. The zero-order valence-corrected chi connectivity index (χ0v) is 18.8. The first-order chi connectivity index (χ1) is 8.64. The Morgan fingerprint density at radius 2 is 1.25 bits per heavy atom. The number of halogens is 1. The second-order valence-electron chi connectivity index (χ2n) is 8.73. The minimum absolute atomic E-state index is 0.157. The van der Waals surface area contributed by atoms with E-state index in [1.165, 1.54) is 0 Å². The van der Waals surface area contributed by atoms with Crippen LogP contribution in [0.2, 0.25) is 36.3 Å².